The van der Waals surface area contributed by atoms with E-state index in [2.05, 4.69) is 28.8 Å². The van der Waals surface area contributed by atoms with Gasteiger partial charge in [0, 0.05) is 50.5 Å². The van der Waals surface area contributed by atoms with E-state index in [4.69, 9.17) is 0 Å². The summed E-state index contributed by atoms with van der Waals surface area (Å²) in [5.41, 5.74) is 1.63. The molecule has 5 heteroatoms. The van der Waals surface area contributed by atoms with Crippen molar-refractivity contribution in [2.75, 3.05) is 58.3 Å². The summed E-state index contributed by atoms with van der Waals surface area (Å²) in [5, 5.41) is 9.85. The van der Waals surface area contributed by atoms with Crippen molar-refractivity contribution >= 4 is 5.69 Å². The maximum absolute atomic E-state index is 13.4. The number of likely N-dealkylation sites (N-methyl/N-ethyl adjacent to an activating group) is 1. The topological polar surface area (TPSA) is 30.0 Å². The van der Waals surface area contributed by atoms with Crippen LogP contribution in [0.2, 0.25) is 0 Å². The third kappa shape index (κ3) is 4.40. The predicted molar refractivity (Wildman–Crippen MR) is 84.2 cm³/mol. The fraction of sp³-hybridized carbons (Fsp3) is 0.625. The second-order valence-electron chi connectivity index (χ2n) is 6.01. The Bertz CT molecular complexity index is 457. The molecule has 21 heavy (non-hydrogen) atoms. The molecule has 1 aliphatic heterocycles. The Hall–Kier alpha value is -1.17. The van der Waals surface area contributed by atoms with E-state index in [1.165, 1.54) is 12.1 Å². The molecule has 1 heterocycles. The fourth-order valence-electron chi connectivity index (χ4n) is 2.70. The number of halogens is 1. The van der Waals surface area contributed by atoms with Crippen molar-refractivity contribution in [2.24, 2.45) is 0 Å². The van der Waals surface area contributed by atoms with Crippen LogP contribution in [0.3, 0.4) is 0 Å². The molecule has 4 nitrogen and oxygen atoms in total. The molecule has 1 saturated heterocycles. The molecule has 2 rings (SSSR count). The van der Waals surface area contributed by atoms with Gasteiger partial charge in [-0.15, -0.1) is 0 Å². The highest BCUT2D eigenvalue weighted by atomic mass is 19.1. The first kappa shape index (κ1) is 16.2. The van der Waals surface area contributed by atoms with Crippen LogP contribution in [0.4, 0.5) is 10.1 Å². The van der Waals surface area contributed by atoms with Gasteiger partial charge in [0.25, 0.3) is 0 Å². The molecule has 0 unspecified atom stereocenters. The average Bonchev–Trinajstić information content (AvgIpc) is 2.45. The van der Waals surface area contributed by atoms with Crippen LogP contribution in [0.25, 0.3) is 0 Å². The first-order chi connectivity index (χ1) is 9.97. The second kappa shape index (κ2) is 7.20. The van der Waals surface area contributed by atoms with Crippen molar-refractivity contribution in [2.45, 2.75) is 13.0 Å². The van der Waals surface area contributed by atoms with Crippen molar-refractivity contribution in [1.82, 2.24) is 9.80 Å². The Morgan fingerprint density at radius 2 is 1.90 bits per heavy atom. The van der Waals surface area contributed by atoms with Crippen molar-refractivity contribution in [3.63, 3.8) is 0 Å². The summed E-state index contributed by atoms with van der Waals surface area (Å²) in [6.45, 7) is 7.67. The summed E-state index contributed by atoms with van der Waals surface area (Å²) < 4.78 is 13.4. The zero-order valence-corrected chi connectivity index (χ0v) is 13.2. The van der Waals surface area contributed by atoms with Gasteiger partial charge in [-0.05, 0) is 39.2 Å². The zero-order chi connectivity index (χ0) is 15.4. The van der Waals surface area contributed by atoms with E-state index in [0.717, 1.165) is 45.0 Å². The van der Waals surface area contributed by atoms with E-state index in [9.17, 15) is 9.50 Å². The number of aliphatic hydroxyl groups is 1. The summed E-state index contributed by atoms with van der Waals surface area (Å²) >= 11 is 0. The number of hydrogen-bond donors (Lipinski definition) is 1. The van der Waals surface area contributed by atoms with Crippen LogP contribution in [-0.4, -0.2) is 68.3 Å². The lowest BCUT2D eigenvalue weighted by Gasteiger charge is -2.37. The van der Waals surface area contributed by atoms with Crippen LogP contribution in [0, 0.1) is 5.82 Å². The summed E-state index contributed by atoms with van der Waals surface area (Å²) in [6, 6.07) is 4.70. The van der Waals surface area contributed by atoms with E-state index in [1.54, 1.807) is 13.0 Å². The summed E-state index contributed by atoms with van der Waals surface area (Å²) in [5.74, 6) is -0.292. The quantitative estimate of drug-likeness (QED) is 0.893. The Morgan fingerprint density at radius 3 is 2.48 bits per heavy atom. The van der Waals surface area contributed by atoms with Gasteiger partial charge in [0.2, 0.25) is 0 Å². The third-order valence-corrected chi connectivity index (χ3v) is 4.02. The average molecular weight is 295 g/mol. The molecule has 0 spiro atoms. The number of anilines is 1. The normalized spacial score (nSPS) is 18.3. The molecule has 0 bridgehead atoms. The molecule has 0 aromatic heterocycles. The Labute approximate surface area is 126 Å². The van der Waals surface area contributed by atoms with Crippen LogP contribution < -0.4 is 4.90 Å². The first-order valence-corrected chi connectivity index (χ1v) is 7.57. The monoisotopic (exact) mass is 295 g/mol. The highest BCUT2D eigenvalue weighted by molar-refractivity contribution is 5.55. The smallest absolute Gasteiger partial charge is 0.123 e. The van der Waals surface area contributed by atoms with Gasteiger partial charge in [0.15, 0.2) is 0 Å². The summed E-state index contributed by atoms with van der Waals surface area (Å²) in [4.78, 5) is 6.88. The van der Waals surface area contributed by atoms with Gasteiger partial charge in [-0.2, -0.15) is 0 Å². The van der Waals surface area contributed by atoms with Crippen LogP contribution in [0.1, 0.15) is 18.6 Å². The fourth-order valence-corrected chi connectivity index (χ4v) is 2.70. The van der Waals surface area contributed by atoms with Crippen molar-refractivity contribution in [1.29, 1.82) is 0 Å². The molecule has 118 valence electrons. The maximum Gasteiger partial charge on any atom is 0.123 e. The lowest BCUT2D eigenvalue weighted by Crippen LogP contribution is -2.48. The molecule has 1 aliphatic rings. The lowest BCUT2D eigenvalue weighted by molar-refractivity contribution is 0.198. The highest BCUT2D eigenvalue weighted by Crippen LogP contribution is 2.28. The number of rotatable bonds is 5. The summed E-state index contributed by atoms with van der Waals surface area (Å²) in [6.07, 6.45) is -0.650. The lowest BCUT2D eigenvalue weighted by atomic mass is 10.1. The minimum Gasteiger partial charge on any atom is -0.389 e. The SMILES string of the molecule is C[C@@H](O)c1cc(F)ccc1N1CCN(CCN(C)C)CC1. The molecular weight excluding hydrogens is 269 g/mol. The van der Waals surface area contributed by atoms with Gasteiger partial charge in [-0.1, -0.05) is 0 Å². The first-order valence-electron chi connectivity index (χ1n) is 7.57. The predicted octanol–water partition coefficient (Wildman–Crippen LogP) is 1.56. The van der Waals surface area contributed by atoms with Gasteiger partial charge in [0.05, 0.1) is 6.10 Å². The maximum atomic E-state index is 13.4. The highest BCUT2D eigenvalue weighted by Gasteiger charge is 2.20. The van der Waals surface area contributed by atoms with Gasteiger partial charge in [0.1, 0.15) is 5.82 Å². The van der Waals surface area contributed by atoms with E-state index in [0.29, 0.717) is 5.56 Å². The molecule has 1 aromatic rings. The Kier molecular flexibility index (Phi) is 5.56. The van der Waals surface area contributed by atoms with Gasteiger partial charge < -0.3 is 14.9 Å². The van der Waals surface area contributed by atoms with Crippen molar-refractivity contribution in [3.05, 3.63) is 29.6 Å². The third-order valence-electron chi connectivity index (χ3n) is 4.02. The van der Waals surface area contributed by atoms with E-state index in [1.807, 2.05) is 0 Å². The van der Waals surface area contributed by atoms with Crippen LogP contribution in [-0.2, 0) is 0 Å². The van der Waals surface area contributed by atoms with E-state index >= 15 is 0 Å². The van der Waals surface area contributed by atoms with E-state index in [-0.39, 0.29) is 5.82 Å². The number of aliphatic hydroxyl groups excluding tert-OH is 1. The van der Waals surface area contributed by atoms with Crippen LogP contribution in [0.15, 0.2) is 18.2 Å². The molecular formula is C16H26FN3O. The molecule has 0 aliphatic carbocycles. The molecule has 0 amide bonds. The van der Waals surface area contributed by atoms with Crippen LogP contribution >= 0.6 is 0 Å². The van der Waals surface area contributed by atoms with Gasteiger partial charge in [-0.3, -0.25) is 4.90 Å². The van der Waals surface area contributed by atoms with Gasteiger partial charge in [-0.25, -0.2) is 4.39 Å². The van der Waals surface area contributed by atoms with Crippen molar-refractivity contribution < 1.29 is 9.50 Å². The molecule has 1 aromatic carbocycles. The Morgan fingerprint density at radius 1 is 1.24 bits per heavy atom. The number of nitrogens with zero attached hydrogens (tertiary/aromatic N) is 3. The summed E-state index contributed by atoms with van der Waals surface area (Å²) in [7, 11) is 4.17. The standard InChI is InChI=1S/C16H26FN3O/c1-13(21)15-12-14(17)4-5-16(15)20-10-8-19(9-11-20)7-6-18(2)3/h4-5,12-13,21H,6-11H2,1-3H3/t13-/m1/s1. The largest absolute Gasteiger partial charge is 0.389 e. The minimum absolute atomic E-state index is 0.292. The number of hydrogen-bond acceptors (Lipinski definition) is 4. The van der Waals surface area contributed by atoms with Gasteiger partial charge >= 0.3 is 0 Å². The molecule has 1 N–H and O–H groups in total. The minimum atomic E-state index is -0.650. The molecule has 0 radical (unpaired) electrons. The van der Waals surface area contributed by atoms with E-state index < -0.39 is 6.10 Å². The second-order valence-corrected chi connectivity index (χ2v) is 6.01. The zero-order valence-electron chi connectivity index (χ0n) is 13.2. The molecule has 0 saturated carbocycles. The molecule has 1 atom stereocenters. The Balaban J connectivity index is 1.99. The number of piperazine rings is 1. The van der Waals surface area contributed by atoms with Crippen molar-refractivity contribution in [3.8, 4) is 0 Å². The number of benzene rings is 1. The molecule has 1 fully saturated rings. The van der Waals surface area contributed by atoms with Crippen LogP contribution in [0.5, 0.6) is 0 Å².